The molecule has 1 aromatic heterocycles. The van der Waals surface area contributed by atoms with E-state index in [-0.39, 0.29) is 16.4 Å². The molecule has 162 valence electrons. The van der Waals surface area contributed by atoms with Gasteiger partial charge < -0.3 is 0 Å². The van der Waals surface area contributed by atoms with Gasteiger partial charge in [0.25, 0.3) is 0 Å². The number of halogens is 3. The van der Waals surface area contributed by atoms with Crippen LogP contribution in [0.4, 0.5) is 13.2 Å². The molecule has 0 unspecified atom stereocenters. The molecule has 0 radical (unpaired) electrons. The highest BCUT2D eigenvalue weighted by Gasteiger charge is 2.38. The molecule has 0 fully saturated rings. The third-order valence-electron chi connectivity index (χ3n) is 6.29. The third kappa shape index (κ3) is 4.13. The summed E-state index contributed by atoms with van der Waals surface area (Å²) in [5.74, 6) is 0.337. The maximum Gasteiger partial charge on any atom is 0.417 e. The summed E-state index contributed by atoms with van der Waals surface area (Å²) in [5.41, 5.74) is 2.86. The Kier molecular flexibility index (Phi) is 5.03. The van der Waals surface area contributed by atoms with Gasteiger partial charge in [-0.1, -0.05) is 70.2 Å². The first-order valence-electron chi connectivity index (χ1n) is 10.3. The summed E-state index contributed by atoms with van der Waals surface area (Å²) in [6, 6.07) is 11.7. The molecule has 1 aliphatic rings. The Morgan fingerprint density at radius 3 is 2.16 bits per heavy atom. The zero-order valence-electron chi connectivity index (χ0n) is 18.0. The first-order valence-corrected chi connectivity index (χ1v) is 10.3. The van der Waals surface area contributed by atoms with Crippen molar-refractivity contribution in [3.05, 3.63) is 64.7 Å². The van der Waals surface area contributed by atoms with Crippen molar-refractivity contribution in [1.82, 2.24) is 20.6 Å². The zero-order chi connectivity index (χ0) is 22.4. The van der Waals surface area contributed by atoms with Gasteiger partial charge in [0, 0.05) is 5.56 Å². The molecule has 0 bridgehead atoms. The SMILES string of the molecule is CC1(C)CCC(C)(C)c2cc(/C=C(\c3ccc(-c4nn[nH]n4)cc3)C(F)(F)F)ccc21. The number of hydrogen-bond donors (Lipinski definition) is 1. The smallest absolute Gasteiger partial charge is 0.177 e. The second-order valence-corrected chi connectivity index (χ2v) is 9.44. The number of aromatic amines is 1. The fourth-order valence-corrected chi connectivity index (χ4v) is 4.27. The number of nitrogens with one attached hydrogen (secondary N) is 1. The Balaban J connectivity index is 1.77. The lowest BCUT2D eigenvalue weighted by molar-refractivity contribution is -0.0683. The minimum Gasteiger partial charge on any atom is -0.177 e. The first-order chi connectivity index (χ1) is 14.5. The summed E-state index contributed by atoms with van der Waals surface area (Å²) in [5, 5.41) is 13.5. The largest absolute Gasteiger partial charge is 0.417 e. The summed E-state index contributed by atoms with van der Waals surface area (Å²) in [4.78, 5) is 0. The molecule has 3 aromatic rings. The van der Waals surface area contributed by atoms with Crippen molar-refractivity contribution < 1.29 is 13.2 Å². The van der Waals surface area contributed by atoms with E-state index in [9.17, 15) is 13.2 Å². The van der Waals surface area contributed by atoms with E-state index in [0.717, 1.165) is 18.4 Å². The number of nitrogens with zero attached hydrogens (tertiary/aromatic N) is 3. The molecule has 0 aliphatic heterocycles. The monoisotopic (exact) mass is 426 g/mol. The molecule has 4 nitrogen and oxygen atoms in total. The fraction of sp³-hybridized carbons (Fsp3) is 0.375. The van der Waals surface area contributed by atoms with Gasteiger partial charge in [0.2, 0.25) is 5.82 Å². The van der Waals surface area contributed by atoms with Crippen molar-refractivity contribution in [3.8, 4) is 11.4 Å². The van der Waals surface area contributed by atoms with Crippen LogP contribution in [0.2, 0.25) is 0 Å². The Morgan fingerprint density at radius 2 is 1.58 bits per heavy atom. The Hall–Kier alpha value is -2.96. The number of alkyl halides is 3. The topological polar surface area (TPSA) is 54.5 Å². The second-order valence-electron chi connectivity index (χ2n) is 9.44. The molecule has 1 aliphatic carbocycles. The van der Waals surface area contributed by atoms with Crippen LogP contribution in [0.15, 0.2) is 42.5 Å². The molecule has 1 N–H and O–H groups in total. The molecule has 0 spiro atoms. The number of H-pyrrole nitrogens is 1. The number of benzene rings is 2. The van der Waals surface area contributed by atoms with E-state index in [2.05, 4.69) is 48.3 Å². The van der Waals surface area contributed by atoms with Gasteiger partial charge >= 0.3 is 6.18 Å². The van der Waals surface area contributed by atoms with Crippen LogP contribution in [0.1, 0.15) is 62.8 Å². The van der Waals surface area contributed by atoms with Crippen LogP contribution in [0.25, 0.3) is 23.0 Å². The quantitative estimate of drug-likeness (QED) is 0.499. The molecule has 1 heterocycles. The second kappa shape index (κ2) is 7.32. The molecule has 0 saturated heterocycles. The zero-order valence-corrected chi connectivity index (χ0v) is 18.0. The van der Waals surface area contributed by atoms with Gasteiger partial charge in [0.05, 0.1) is 5.57 Å². The molecule has 0 saturated carbocycles. The molecular formula is C24H25F3N4. The van der Waals surface area contributed by atoms with Crippen LogP contribution in [0.3, 0.4) is 0 Å². The van der Waals surface area contributed by atoms with Gasteiger partial charge in [0.15, 0.2) is 0 Å². The highest BCUT2D eigenvalue weighted by Crippen LogP contribution is 2.46. The van der Waals surface area contributed by atoms with E-state index in [1.54, 1.807) is 18.2 Å². The highest BCUT2D eigenvalue weighted by molar-refractivity contribution is 5.85. The summed E-state index contributed by atoms with van der Waals surface area (Å²) in [7, 11) is 0. The average molecular weight is 426 g/mol. The van der Waals surface area contributed by atoms with Gasteiger partial charge in [-0.2, -0.15) is 18.4 Å². The van der Waals surface area contributed by atoms with E-state index in [1.807, 2.05) is 12.1 Å². The van der Waals surface area contributed by atoms with Crippen molar-refractivity contribution in [2.24, 2.45) is 0 Å². The van der Waals surface area contributed by atoms with Crippen molar-refractivity contribution in [2.75, 3.05) is 0 Å². The number of rotatable bonds is 3. The van der Waals surface area contributed by atoms with Crippen molar-refractivity contribution in [2.45, 2.75) is 57.5 Å². The van der Waals surface area contributed by atoms with Crippen LogP contribution >= 0.6 is 0 Å². The van der Waals surface area contributed by atoms with Crippen LogP contribution in [-0.2, 0) is 10.8 Å². The van der Waals surface area contributed by atoms with Gasteiger partial charge in [-0.05, 0) is 57.2 Å². The number of tetrazole rings is 1. The molecule has 0 amide bonds. The van der Waals surface area contributed by atoms with Gasteiger partial charge in [0.1, 0.15) is 0 Å². The number of hydrogen-bond acceptors (Lipinski definition) is 3. The van der Waals surface area contributed by atoms with E-state index in [0.29, 0.717) is 17.0 Å². The molecular weight excluding hydrogens is 401 g/mol. The maximum atomic E-state index is 14.0. The maximum absolute atomic E-state index is 14.0. The normalized spacial score (nSPS) is 18.0. The molecule has 31 heavy (non-hydrogen) atoms. The van der Waals surface area contributed by atoms with Crippen molar-refractivity contribution >= 4 is 11.6 Å². The first kappa shape index (κ1) is 21.3. The fourth-order valence-electron chi connectivity index (χ4n) is 4.27. The van der Waals surface area contributed by atoms with Crippen molar-refractivity contribution in [3.63, 3.8) is 0 Å². The van der Waals surface area contributed by atoms with Gasteiger partial charge in [-0.15, -0.1) is 10.2 Å². The van der Waals surface area contributed by atoms with Gasteiger partial charge in [-0.3, -0.25) is 0 Å². The Morgan fingerprint density at radius 1 is 0.935 bits per heavy atom. The van der Waals surface area contributed by atoms with E-state index in [4.69, 9.17) is 0 Å². The number of allylic oxidation sites excluding steroid dienone is 1. The predicted molar refractivity (Wildman–Crippen MR) is 115 cm³/mol. The summed E-state index contributed by atoms with van der Waals surface area (Å²) in [6.45, 7) is 8.72. The van der Waals surface area contributed by atoms with Gasteiger partial charge in [-0.25, -0.2) is 0 Å². The summed E-state index contributed by atoms with van der Waals surface area (Å²) < 4.78 is 41.9. The predicted octanol–water partition coefficient (Wildman–Crippen LogP) is 6.32. The lowest BCUT2D eigenvalue weighted by atomic mass is 9.63. The van der Waals surface area contributed by atoms with Crippen LogP contribution in [0.5, 0.6) is 0 Å². The summed E-state index contributed by atoms with van der Waals surface area (Å²) in [6.07, 6.45) is -1.19. The highest BCUT2D eigenvalue weighted by atomic mass is 19.4. The van der Waals surface area contributed by atoms with E-state index in [1.165, 1.54) is 23.8 Å². The molecule has 0 atom stereocenters. The minimum absolute atomic E-state index is 0.0188. The van der Waals surface area contributed by atoms with Crippen LogP contribution < -0.4 is 0 Å². The standard InChI is InChI=1S/C24H25F3N4/c1-22(2)11-12-23(3,4)20-14-15(5-10-18(20)22)13-19(24(25,26)27)16-6-8-17(9-7-16)21-28-30-31-29-21/h5-10,13-14H,11-12H2,1-4H3,(H,28,29,30,31)/b19-13+. The average Bonchev–Trinajstić information content (AvgIpc) is 3.24. The summed E-state index contributed by atoms with van der Waals surface area (Å²) >= 11 is 0. The molecule has 4 rings (SSSR count). The van der Waals surface area contributed by atoms with E-state index < -0.39 is 11.7 Å². The minimum atomic E-state index is -4.49. The molecule has 2 aromatic carbocycles. The Bertz CT molecular complexity index is 1110. The van der Waals surface area contributed by atoms with Crippen molar-refractivity contribution in [1.29, 1.82) is 0 Å². The number of fused-ring (bicyclic) bond motifs is 1. The van der Waals surface area contributed by atoms with E-state index >= 15 is 0 Å². The van der Waals surface area contributed by atoms with Crippen LogP contribution in [0, 0.1) is 0 Å². The van der Waals surface area contributed by atoms with Crippen LogP contribution in [-0.4, -0.2) is 26.8 Å². The molecule has 7 heteroatoms. The Labute approximate surface area is 179 Å². The number of aromatic nitrogens is 4. The lowest BCUT2D eigenvalue weighted by Gasteiger charge is -2.42. The lowest BCUT2D eigenvalue weighted by Crippen LogP contribution is -2.33. The third-order valence-corrected chi connectivity index (χ3v) is 6.29.